The van der Waals surface area contributed by atoms with Crippen molar-refractivity contribution >= 4 is 46.3 Å². The van der Waals surface area contributed by atoms with E-state index in [1.807, 2.05) is 281 Å². The van der Waals surface area contributed by atoms with Crippen LogP contribution >= 0.6 is 0 Å². The molecule has 0 spiro atoms. The van der Waals surface area contributed by atoms with Crippen LogP contribution in [-0.4, -0.2) is 46.3 Å². The lowest BCUT2D eigenvalue weighted by Gasteiger charge is -2.31. The van der Waals surface area contributed by atoms with Crippen LogP contribution in [-0.2, 0) is 38.4 Å². The topological polar surface area (TPSA) is 137 Å². The monoisotopic (exact) mass is 1180 g/mol. The van der Waals surface area contributed by atoms with Gasteiger partial charge in [0.1, 0.15) is 0 Å². The fourth-order valence-electron chi connectivity index (χ4n) is 10.6. The standard InChI is InChI=1S/2C40H48O4/c2*1-27(17-13-19-29(3)21-23-33-31(5)37(43)35(41)25-39(33,7)8)15-11-12-16-28(2)18-14-20-30(4)22-24-34-32(6)38(44)36(42)26-40(34,9)10/h2*11-24H,25-26H2,1-10H3/b2*12-11+,17-13+,18-14+,23-21+,24-22+,27-15+,28-16+,29-19+,30-20+. The zero-order chi connectivity index (χ0) is 66.5. The maximum absolute atomic E-state index is 12.1. The fourth-order valence-corrected chi connectivity index (χ4v) is 10.6. The van der Waals surface area contributed by atoms with Gasteiger partial charge in [-0.15, -0.1) is 0 Å². The van der Waals surface area contributed by atoms with Gasteiger partial charge in [-0.05, 0) is 127 Å². The van der Waals surface area contributed by atoms with E-state index < -0.39 is 0 Å². The average Bonchev–Trinajstić information content (AvgIpc) is 2.48. The lowest BCUT2D eigenvalue weighted by molar-refractivity contribution is -0.136. The summed E-state index contributed by atoms with van der Waals surface area (Å²) in [5, 5.41) is 0. The Morgan fingerprint density at radius 3 is 0.568 bits per heavy atom. The molecule has 8 heteroatoms. The molecule has 0 fully saturated rings. The minimum atomic E-state index is -0.371. The molecular weight excluding hydrogens is 1090 g/mol. The van der Waals surface area contributed by atoms with E-state index in [1.54, 1.807) is 27.7 Å². The second-order valence-corrected chi connectivity index (χ2v) is 26.2. The number of carbonyl (C=O) groups is 8. The third kappa shape index (κ3) is 22.7. The van der Waals surface area contributed by atoms with Gasteiger partial charge in [-0.1, -0.05) is 270 Å². The molecule has 4 aliphatic rings. The predicted octanol–water partition coefficient (Wildman–Crippen LogP) is 18.6. The highest BCUT2D eigenvalue weighted by Gasteiger charge is 2.39. The van der Waals surface area contributed by atoms with Crippen molar-refractivity contribution in [2.75, 3.05) is 0 Å². The molecular formula is C80H96O8. The average molecular weight is 1190 g/mol. The van der Waals surface area contributed by atoms with Gasteiger partial charge in [-0.25, -0.2) is 0 Å². The van der Waals surface area contributed by atoms with E-state index in [0.29, 0.717) is 22.3 Å². The Bertz CT molecular complexity index is 3090. The zero-order valence-electron chi connectivity index (χ0n) is 56.3. The highest BCUT2D eigenvalue weighted by atomic mass is 16.2. The third-order valence-corrected chi connectivity index (χ3v) is 15.9. The van der Waals surface area contributed by atoms with Crippen LogP contribution in [0, 0.1) is 21.7 Å². The second-order valence-electron chi connectivity index (χ2n) is 26.2. The van der Waals surface area contributed by atoms with Crippen molar-refractivity contribution in [3.63, 3.8) is 0 Å². The summed E-state index contributed by atoms with van der Waals surface area (Å²) < 4.78 is 0. The molecule has 0 N–H and O–H groups in total. The molecule has 0 aromatic rings. The van der Waals surface area contributed by atoms with E-state index in [0.717, 1.165) is 66.9 Å². The molecule has 0 aliphatic heterocycles. The number of ketones is 8. The molecule has 464 valence electrons. The highest BCUT2D eigenvalue weighted by Crippen LogP contribution is 2.41. The van der Waals surface area contributed by atoms with Gasteiger partial charge in [0.05, 0.1) is 0 Å². The quantitative estimate of drug-likeness (QED) is 0.0868. The van der Waals surface area contributed by atoms with Crippen molar-refractivity contribution < 1.29 is 38.4 Å². The summed E-state index contributed by atoms with van der Waals surface area (Å²) in [6, 6.07) is 0. The molecule has 4 rings (SSSR count). The summed E-state index contributed by atoms with van der Waals surface area (Å²) in [7, 11) is 0. The number of hydrogen-bond acceptors (Lipinski definition) is 8. The number of hydrogen-bond donors (Lipinski definition) is 0. The molecule has 0 atom stereocenters. The molecule has 4 aliphatic carbocycles. The van der Waals surface area contributed by atoms with Gasteiger partial charge in [-0.3, -0.25) is 38.4 Å². The van der Waals surface area contributed by atoms with Gasteiger partial charge in [0.15, 0.2) is 0 Å². The summed E-state index contributed by atoms with van der Waals surface area (Å²) in [5.41, 5.74) is 13.1. The van der Waals surface area contributed by atoms with Gasteiger partial charge in [0.25, 0.3) is 0 Å². The van der Waals surface area contributed by atoms with E-state index in [2.05, 4.69) is 0 Å². The van der Waals surface area contributed by atoms with Crippen LogP contribution in [0.1, 0.15) is 164 Å². The Morgan fingerprint density at radius 2 is 0.398 bits per heavy atom. The molecule has 0 unspecified atom stereocenters. The highest BCUT2D eigenvalue weighted by molar-refractivity contribution is 6.46. The maximum atomic E-state index is 12.1. The van der Waals surface area contributed by atoms with Crippen molar-refractivity contribution in [2.24, 2.45) is 21.7 Å². The second kappa shape index (κ2) is 33.1. The Morgan fingerprint density at radius 1 is 0.250 bits per heavy atom. The summed E-state index contributed by atoms with van der Waals surface area (Å²) in [6.07, 6.45) is 57.2. The van der Waals surface area contributed by atoms with Crippen LogP contribution in [0.15, 0.2) is 259 Å². The van der Waals surface area contributed by atoms with Crippen molar-refractivity contribution in [1.82, 2.24) is 0 Å². The lowest BCUT2D eigenvalue weighted by atomic mass is 9.71. The van der Waals surface area contributed by atoms with E-state index in [1.165, 1.54) is 0 Å². The minimum absolute atomic E-state index is 0.246. The van der Waals surface area contributed by atoms with Gasteiger partial charge < -0.3 is 0 Å². The van der Waals surface area contributed by atoms with Gasteiger partial charge in [0, 0.05) is 48.0 Å². The van der Waals surface area contributed by atoms with Crippen LogP contribution in [0.4, 0.5) is 0 Å². The molecule has 0 amide bonds. The molecule has 0 saturated heterocycles. The van der Waals surface area contributed by atoms with Crippen LogP contribution in [0.3, 0.4) is 0 Å². The van der Waals surface area contributed by atoms with Crippen LogP contribution in [0.25, 0.3) is 0 Å². The van der Waals surface area contributed by atoms with Crippen molar-refractivity contribution in [3.05, 3.63) is 259 Å². The van der Waals surface area contributed by atoms with E-state index in [9.17, 15) is 38.4 Å². The molecule has 0 bridgehead atoms. The summed E-state index contributed by atoms with van der Waals surface area (Å²) in [5.74, 6) is -2.71. The van der Waals surface area contributed by atoms with Crippen LogP contribution < -0.4 is 0 Å². The summed E-state index contributed by atoms with van der Waals surface area (Å²) in [6.45, 7) is 39.1. The van der Waals surface area contributed by atoms with Crippen LogP contribution in [0.5, 0.6) is 0 Å². The number of Topliss-reactive ketones (excluding diaryl/α,β-unsaturated/α-hetero) is 8. The third-order valence-electron chi connectivity index (χ3n) is 15.9. The molecule has 0 radical (unpaired) electrons. The number of allylic oxidation sites excluding steroid dienone is 44. The summed E-state index contributed by atoms with van der Waals surface area (Å²) in [4.78, 5) is 96.3. The van der Waals surface area contributed by atoms with E-state index in [4.69, 9.17) is 0 Å². The molecule has 8 nitrogen and oxygen atoms in total. The molecule has 0 aromatic carbocycles. The van der Waals surface area contributed by atoms with Gasteiger partial charge in [0.2, 0.25) is 46.3 Å². The minimum Gasteiger partial charge on any atom is -0.290 e. The first-order chi connectivity index (χ1) is 40.9. The Balaban J connectivity index is 0.000000460. The summed E-state index contributed by atoms with van der Waals surface area (Å²) >= 11 is 0. The molecule has 0 heterocycles. The zero-order valence-corrected chi connectivity index (χ0v) is 56.3. The maximum Gasteiger partial charge on any atom is 0.224 e. The smallest absolute Gasteiger partial charge is 0.224 e. The first-order valence-corrected chi connectivity index (χ1v) is 30.2. The first-order valence-electron chi connectivity index (χ1n) is 30.2. The first kappa shape index (κ1) is 73.9. The largest absolute Gasteiger partial charge is 0.290 e. The predicted molar refractivity (Wildman–Crippen MR) is 366 cm³/mol. The van der Waals surface area contributed by atoms with Gasteiger partial charge in [-0.2, -0.15) is 0 Å². The molecule has 88 heavy (non-hydrogen) atoms. The van der Waals surface area contributed by atoms with Crippen molar-refractivity contribution in [3.8, 4) is 0 Å². The lowest BCUT2D eigenvalue weighted by Crippen LogP contribution is -2.32. The Labute approximate surface area is 527 Å². The van der Waals surface area contributed by atoms with E-state index >= 15 is 0 Å². The normalized spacial score (nSPS) is 21.2. The Kier molecular flexibility index (Phi) is 27.8. The molecule has 0 aromatic heterocycles. The Hall–Kier alpha value is -8.36. The van der Waals surface area contributed by atoms with E-state index in [-0.39, 0.29) is 93.6 Å². The van der Waals surface area contributed by atoms with Crippen molar-refractivity contribution in [1.29, 1.82) is 0 Å². The number of rotatable bonds is 20. The SMILES string of the molecule is CC1=C(/C=C/C(C)=C/C=C/C(C)=C/C=C/C=C(C)/C=C/C=C(C)/C=C/C2=C(C)C(=O)C(=O)CC2(C)C)C(C)(C)CC(=O)C1=O.CC1=C(/C=C/C(C)=C/C=C/C(C)=C/C=C/C=C(C)/C=C/C=C(C)/C=C/C2=C(C)C(=O)C(=O)CC2(C)C)C(C)(C)CC(=O)C1=O. The van der Waals surface area contributed by atoms with Crippen molar-refractivity contribution in [2.45, 2.75) is 164 Å². The molecule has 0 saturated carbocycles. The van der Waals surface area contributed by atoms with Gasteiger partial charge >= 0.3 is 0 Å². The number of carbonyl (C=O) groups excluding carboxylic acids is 8. The van der Waals surface area contributed by atoms with Crippen LogP contribution in [0.2, 0.25) is 0 Å². The fraction of sp³-hybridized carbons (Fsp3) is 0.350.